The fraction of sp³-hybridized carbons (Fsp3) is 0.440. The maximum absolute atomic E-state index is 6.77. The van der Waals surface area contributed by atoms with E-state index < -0.39 is 8.32 Å². The van der Waals surface area contributed by atoms with Crippen molar-refractivity contribution in [3.8, 4) is 0 Å². The van der Waals surface area contributed by atoms with E-state index >= 15 is 0 Å². The number of rotatable bonds is 9. The van der Waals surface area contributed by atoms with E-state index in [2.05, 4.69) is 101 Å². The Balaban J connectivity index is 2.20. The van der Waals surface area contributed by atoms with Gasteiger partial charge in [0.15, 0.2) is 8.32 Å². The van der Waals surface area contributed by atoms with Crippen molar-refractivity contribution in [2.45, 2.75) is 64.5 Å². The number of benzene rings is 2. The molecule has 0 spiro atoms. The van der Waals surface area contributed by atoms with Crippen LogP contribution in [0.25, 0.3) is 6.08 Å². The van der Waals surface area contributed by atoms with Gasteiger partial charge < -0.3 is 9.16 Å². The van der Waals surface area contributed by atoms with Gasteiger partial charge in [-0.2, -0.15) is 0 Å². The summed E-state index contributed by atoms with van der Waals surface area (Å²) in [5, 5.41) is 0.194. The maximum Gasteiger partial charge on any atom is 0.192 e. The highest BCUT2D eigenvalue weighted by Gasteiger charge is 2.38. The van der Waals surface area contributed by atoms with E-state index in [1.807, 2.05) is 0 Å². The number of ether oxygens (including phenoxy) is 1. The lowest BCUT2D eigenvalue weighted by atomic mass is 10.0. The molecule has 0 aromatic heterocycles. The SMILES string of the molecule is COCc1ccccc1/C=C/[C@@H](CCc1ccccc1)O[Si](C)(C)C(C)(C)C. The monoisotopic (exact) mass is 396 g/mol. The zero-order valence-corrected chi connectivity index (χ0v) is 19.4. The van der Waals surface area contributed by atoms with Gasteiger partial charge >= 0.3 is 0 Å². The standard InChI is InChI=1S/C25H36O2Si/c1-25(2,3)28(5,6)27-24(18-16-21-12-8-7-9-13-21)19-17-22-14-10-11-15-23(22)20-26-4/h7-15,17,19,24H,16,18,20H2,1-6H3/b19-17+/t24-/m1/s1. The Labute approximate surface area is 172 Å². The molecule has 28 heavy (non-hydrogen) atoms. The zero-order chi connectivity index (χ0) is 20.6. The van der Waals surface area contributed by atoms with Gasteiger partial charge in [0, 0.05) is 7.11 Å². The van der Waals surface area contributed by atoms with E-state index in [1.54, 1.807) is 7.11 Å². The van der Waals surface area contributed by atoms with Crippen LogP contribution >= 0.6 is 0 Å². The van der Waals surface area contributed by atoms with Crippen molar-refractivity contribution in [1.29, 1.82) is 0 Å². The molecule has 0 fully saturated rings. The van der Waals surface area contributed by atoms with E-state index in [0.717, 1.165) is 12.8 Å². The normalized spacial score (nSPS) is 13.8. The Kier molecular flexibility index (Phi) is 8.23. The first kappa shape index (κ1) is 22.6. The van der Waals surface area contributed by atoms with Gasteiger partial charge in [-0.15, -0.1) is 0 Å². The highest BCUT2D eigenvalue weighted by Crippen LogP contribution is 2.38. The van der Waals surface area contributed by atoms with Crippen LogP contribution in [0.2, 0.25) is 18.1 Å². The Hall–Kier alpha value is -1.68. The minimum Gasteiger partial charge on any atom is -0.411 e. The second-order valence-corrected chi connectivity index (χ2v) is 13.7. The molecule has 2 rings (SSSR count). The summed E-state index contributed by atoms with van der Waals surface area (Å²) in [6, 6.07) is 19.1. The van der Waals surface area contributed by atoms with Crippen LogP contribution in [0.3, 0.4) is 0 Å². The molecule has 0 saturated carbocycles. The third-order valence-corrected chi connectivity index (χ3v) is 10.2. The number of aryl methyl sites for hydroxylation is 1. The molecule has 0 aliphatic carbocycles. The van der Waals surface area contributed by atoms with Crippen molar-refractivity contribution in [2.24, 2.45) is 0 Å². The molecule has 152 valence electrons. The van der Waals surface area contributed by atoms with Crippen LogP contribution in [0.4, 0.5) is 0 Å². The largest absolute Gasteiger partial charge is 0.411 e. The zero-order valence-electron chi connectivity index (χ0n) is 18.4. The third-order valence-electron chi connectivity index (χ3n) is 5.66. The van der Waals surface area contributed by atoms with Crippen molar-refractivity contribution in [3.63, 3.8) is 0 Å². The Bertz CT molecular complexity index is 745. The molecule has 0 amide bonds. The molecule has 0 radical (unpaired) electrons. The highest BCUT2D eigenvalue weighted by molar-refractivity contribution is 6.74. The number of hydrogen-bond acceptors (Lipinski definition) is 2. The molecule has 0 aliphatic rings. The molecule has 3 heteroatoms. The maximum atomic E-state index is 6.77. The van der Waals surface area contributed by atoms with E-state index in [0.29, 0.717) is 6.61 Å². The fourth-order valence-corrected chi connectivity index (χ4v) is 4.20. The average molecular weight is 397 g/mol. The summed E-state index contributed by atoms with van der Waals surface area (Å²) in [5.41, 5.74) is 3.77. The van der Waals surface area contributed by atoms with Gasteiger partial charge in [-0.05, 0) is 47.7 Å². The van der Waals surface area contributed by atoms with Gasteiger partial charge in [-0.25, -0.2) is 0 Å². The molecule has 0 aliphatic heterocycles. The average Bonchev–Trinajstić information content (AvgIpc) is 2.65. The van der Waals surface area contributed by atoms with Crippen molar-refractivity contribution in [2.75, 3.05) is 7.11 Å². The van der Waals surface area contributed by atoms with Crippen LogP contribution in [-0.4, -0.2) is 21.5 Å². The lowest BCUT2D eigenvalue weighted by Gasteiger charge is -2.38. The number of hydrogen-bond donors (Lipinski definition) is 0. The minimum absolute atomic E-state index is 0.108. The summed E-state index contributed by atoms with van der Waals surface area (Å²) < 4.78 is 12.1. The molecule has 1 atom stereocenters. The molecule has 0 unspecified atom stereocenters. The smallest absolute Gasteiger partial charge is 0.192 e. The van der Waals surface area contributed by atoms with E-state index in [9.17, 15) is 0 Å². The first-order valence-corrected chi connectivity index (χ1v) is 13.1. The van der Waals surface area contributed by atoms with Gasteiger partial charge in [0.1, 0.15) is 0 Å². The number of methoxy groups -OCH3 is 1. The van der Waals surface area contributed by atoms with Gasteiger partial charge in [0.25, 0.3) is 0 Å². The van der Waals surface area contributed by atoms with Crippen molar-refractivity contribution < 1.29 is 9.16 Å². The Morgan fingerprint density at radius 3 is 2.25 bits per heavy atom. The highest BCUT2D eigenvalue weighted by atomic mass is 28.4. The molecule has 0 N–H and O–H groups in total. The summed E-state index contributed by atoms with van der Waals surface area (Å²) in [5.74, 6) is 0. The van der Waals surface area contributed by atoms with Crippen LogP contribution < -0.4 is 0 Å². The predicted octanol–water partition coefficient (Wildman–Crippen LogP) is 6.87. The summed E-state index contributed by atoms with van der Waals surface area (Å²) >= 11 is 0. The molecule has 2 nitrogen and oxygen atoms in total. The first-order chi connectivity index (χ1) is 13.2. The van der Waals surface area contributed by atoms with Crippen LogP contribution in [-0.2, 0) is 22.2 Å². The Morgan fingerprint density at radius 2 is 1.61 bits per heavy atom. The molecule has 0 heterocycles. The van der Waals surface area contributed by atoms with E-state index in [1.165, 1.54) is 16.7 Å². The second kappa shape index (κ2) is 10.2. The Morgan fingerprint density at radius 1 is 0.964 bits per heavy atom. The molecule has 2 aromatic rings. The van der Waals surface area contributed by atoms with Crippen LogP contribution in [0, 0.1) is 0 Å². The molecular weight excluding hydrogens is 360 g/mol. The van der Waals surface area contributed by atoms with Gasteiger partial charge in [-0.1, -0.05) is 87.5 Å². The van der Waals surface area contributed by atoms with Gasteiger partial charge in [0.2, 0.25) is 0 Å². The van der Waals surface area contributed by atoms with Gasteiger partial charge in [0.05, 0.1) is 12.7 Å². The van der Waals surface area contributed by atoms with Crippen molar-refractivity contribution in [1.82, 2.24) is 0 Å². The van der Waals surface area contributed by atoms with E-state index in [-0.39, 0.29) is 11.1 Å². The fourth-order valence-electron chi connectivity index (χ4n) is 2.90. The van der Waals surface area contributed by atoms with Gasteiger partial charge in [-0.3, -0.25) is 0 Å². The van der Waals surface area contributed by atoms with Crippen LogP contribution in [0.1, 0.15) is 43.9 Å². The van der Waals surface area contributed by atoms with Crippen molar-refractivity contribution >= 4 is 14.4 Å². The minimum atomic E-state index is -1.85. The summed E-state index contributed by atoms with van der Waals surface area (Å²) in [6.07, 6.45) is 6.57. The van der Waals surface area contributed by atoms with E-state index in [4.69, 9.17) is 9.16 Å². The second-order valence-electron chi connectivity index (χ2n) is 8.93. The van der Waals surface area contributed by atoms with Crippen LogP contribution in [0.5, 0.6) is 0 Å². The summed E-state index contributed by atoms with van der Waals surface area (Å²) in [6.45, 7) is 12.2. The summed E-state index contributed by atoms with van der Waals surface area (Å²) in [7, 11) is -0.109. The van der Waals surface area contributed by atoms with Crippen molar-refractivity contribution in [3.05, 3.63) is 77.4 Å². The third kappa shape index (κ3) is 6.73. The van der Waals surface area contributed by atoms with Crippen LogP contribution in [0.15, 0.2) is 60.7 Å². The lowest BCUT2D eigenvalue weighted by Crippen LogP contribution is -2.43. The lowest BCUT2D eigenvalue weighted by molar-refractivity contribution is 0.184. The topological polar surface area (TPSA) is 18.5 Å². The predicted molar refractivity (Wildman–Crippen MR) is 123 cm³/mol. The molecule has 0 bridgehead atoms. The summed E-state index contributed by atoms with van der Waals surface area (Å²) in [4.78, 5) is 0. The first-order valence-electron chi connectivity index (χ1n) is 10.2. The molecule has 2 aromatic carbocycles. The molecular formula is C25H36O2Si. The quantitative estimate of drug-likeness (QED) is 0.431. The molecule has 0 saturated heterocycles.